The van der Waals surface area contributed by atoms with Gasteiger partial charge in [0.25, 0.3) is 0 Å². The number of H-pyrrole nitrogens is 1. The Labute approximate surface area is 193 Å². The van der Waals surface area contributed by atoms with E-state index in [1.807, 2.05) is 12.4 Å². The van der Waals surface area contributed by atoms with Crippen LogP contribution in [-0.4, -0.2) is 37.4 Å². The molecule has 3 heterocycles. The largest absolute Gasteiger partial charge is 0.367 e. The number of nitrogens with one attached hydrogen (secondary N) is 2. The lowest BCUT2D eigenvalue weighted by Crippen LogP contribution is -2.30. The number of benzene rings is 2. The van der Waals surface area contributed by atoms with Crippen LogP contribution in [0, 0.1) is 0 Å². The third-order valence-electron chi connectivity index (χ3n) is 6.73. The molecule has 0 saturated carbocycles. The van der Waals surface area contributed by atoms with Gasteiger partial charge in [-0.25, -0.2) is 15.0 Å². The molecule has 0 unspecified atom stereocenters. The lowest BCUT2D eigenvalue weighted by atomic mass is 10.0. The molecule has 4 aromatic rings. The van der Waals surface area contributed by atoms with Crippen LogP contribution in [-0.2, 0) is 25.8 Å². The van der Waals surface area contributed by atoms with Gasteiger partial charge in [0, 0.05) is 43.0 Å². The molecular weight excluding hydrogens is 408 g/mol. The molecule has 0 fully saturated rings. The summed E-state index contributed by atoms with van der Waals surface area (Å²) in [7, 11) is 0. The van der Waals surface area contributed by atoms with Crippen LogP contribution in [0.4, 0.5) is 5.95 Å². The predicted octanol–water partition coefficient (Wildman–Crippen LogP) is 4.48. The first-order chi connectivity index (χ1) is 16.2. The minimum atomic E-state index is 0.366. The molecule has 6 heteroatoms. The van der Waals surface area contributed by atoms with Crippen molar-refractivity contribution in [3.05, 3.63) is 102 Å². The molecule has 33 heavy (non-hydrogen) atoms. The van der Waals surface area contributed by atoms with E-state index in [4.69, 9.17) is 4.98 Å². The van der Waals surface area contributed by atoms with E-state index in [1.54, 1.807) is 6.33 Å². The summed E-state index contributed by atoms with van der Waals surface area (Å²) in [5, 5.41) is 3.55. The summed E-state index contributed by atoms with van der Waals surface area (Å²) in [4.78, 5) is 19.1. The van der Waals surface area contributed by atoms with Crippen molar-refractivity contribution >= 4 is 11.6 Å². The van der Waals surface area contributed by atoms with Crippen molar-refractivity contribution in [2.45, 2.75) is 31.8 Å². The second-order valence-corrected chi connectivity index (χ2v) is 8.84. The Hall–Kier alpha value is -3.93. The van der Waals surface area contributed by atoms with E-state index < -0.39 is 0 Å². The number of rotatable bonds is 5. The molecule has 0 radical (unpaired) electrons. The Morgan fingerprint density at radius 2 is 1.79 bits per heavy atom. The zero-order valence-corrected chi connectivity index (χ0v) is 18.5. The monoisotopic (exact) mass is 434 g/mol. The van der Waals surface area contributed by atoms with Crippen molar-refractivity contribution in [2.75, 3.05) is 11.9 Å². The van der Waals surface area contributed by atoms with Crippen LogP contribution in [0.15, 0.2) is 73.8 Å². The van der Waals surface area contributed by atoms with E-state index in [9.17, 15) is 0 Å². The van der Waals surface area contributed by atoms with E-state index in [0.29, 0.717) is 6.04 Å². The highest BCUT2D eigenvalue weighted by Crippen LogP contribution is 2.28. The standard InChI is InChI=1S/C27H26N6/c1-18(19-6-8-20(9-7-19)26-15-28-17-30-26)33-11-10-25-23(16-33)14-29-27(32-25)31-24-12-21-4-2-3-5-22(21)13-24/h2-9,14-15,17,24H,1,10-13,16H2,(H,28,30)(H,29,31,32). The van der Waals surface area contributed by atoms with Gasteiger partial charge < -0.3 is 15.2 Å². The molecule has 0 spiro atoms. The summed E-state index contributed by atoms with van der Waals surface area (Å²) in [5.41, 5.74) is 9.47. The molecule has 6 rings (SSSR count). The minimum Gasteiger partial charge on any atom is -0.367 e. The Bertz CT molecular complexity index is 1270. The van der Waals surface area contributed by atoms with E-state index in [0.717, 1.165) is 66.5 Å². The molecular formula is C27H26N6. The van der Waals surface area contributed by atoms with Crippen molar-refractivity contribution in [3.8, 4) is 11.3 Å². The van der Waals surface area contributed by atoms with Crippen molar-refractivity contribution < 1.29 is 0 Å². The number of aromatic amines is 1. The maximum absolute atomic E-state index is 4.86. The Morgan fingerprint density at radius 1 is 1.00 bits per heavy atom. The lowest BCUT2D eigenvalue weighted by molar-refractivity contribution is 0.369. The van der Waals surface area contributed by atoms with Gasteiger partial charge in [0.1, 0.15) is 0 Å². The third-order valence-corrected chi connectivity index (χ3v) is 6.73. The van der Waals surface area contributed by atoms with Crippen LogP contribution < -0.4 is 5.32 Å². The summed E-state index contributed by atoms with van der Waals surface area (Å²) >= 11 is 0. The number of hydrogen-bond donors (Lipinski definition) is 2. The van der Waals surface area contributed by atoms with Gasteiger partial charge in [-0.05, 0) is 35.1 Å². The molecule has 6 nitrogen and oxygen atoms in total. The zero-order valence-electron chi connectivity index (χ0n) is 18.5. The van der Waals surface area contributed by atoms with Gasteiger partial charge in [0.05, 0.1) is 23.9 Å². The van der Waals surface area contributed by atoms with Crippen LogP contribution in [0.3, 0.4) is 0 Å². The summed E-state index contributed by atoms with van der Waals surface area (Å²) in [6.45, 7) is 6.06. The molecule has 0 atom stereocenters. The van der Waals surface area contributed by atoms with Crippen LogP contribution in [0.2, 0.25) is 0 Å². The Morgan fingerprint density at radius 3 is 2.52 bits per heavy atom. The SMILES string of the molecule is C=C(c1ccc(-c2cnc[nH]2)cc1)N1CCc2nc(NC3Cc4ccccc4C3)ncc2C1. The minimum absolute atomic E-state index is 0.366. The number of aromatic nitrogens is 4. The smallest absolute Gasteiger partial charge is 0.223 e. The molecule has 2 aromatic carbocycles. The topological polar surface area (TPSA) is 69.7 Å². The molecule has 0 bridgehead atoms. The van der Waals surface area contributed by atoms with Gasteiger partial charge in [-0.2, -0.15) is 0 Å². The van der Waals surface area contributed by atoms with Gasteiger partial charge in [-0.3, -0.25) is 0 Å². The van der Waals surface area contributed by atoms with Gasteiger partial charge in [-0.15, -0.1) is 0 Å². The zero-order chi connectivity index (χ0) is 22.2. The van der Waals surface area contributed by atoms with E-state index in [1.165, 1.54) is 16.7 Å². The van der Waals surface area contributed by atoms with Crippen molar-refractivity contribution in [2.24, 2.45) is 0 Å². The van der Waals surface area contributed by atoms with E-state index in [-0.39, 0.29) is 0 Å². The molecule has 2 aliphatic rings. The first kappa shape index (κ1) is 19.7. The highest BCUT2D eigenvalue weighted by molar-refractivity contribution is 5.67. The molecule has 0 saturated heterocycles. The molecule has 2 aromatic heterocycles. The van der Waals surface area contributed by atoms with Gasteiger partial charge in [0.2, 0.25) is 5.95 Å². The molecule has 164 valence electrons. The third kappa shape index (κ3) is 3.89. The van der Waals surface area contributed by atoms with Crippen molar-refractivity contribution in [1.29, 1.82) is 0 Å². The normalized spacial score (nSPS) is 15.2. The fourth-order valence-electron chi connectivity index (χ4n) is 4.90. The average Bonchev–Trinajstić information content (AvgIpc) is 3.53. The van der Waals surface area contributed by atoms with Crippen molar-refractivity contribution in [1.82, 2.24) is 24.8 Å². The number of nitrogens with zero attached hydrogens (tertiary/aromatic N) is 4. The first-order valence-electron chi connectivity index (χ1n) is 11.4. The van der Waals surface area contributed by atoms with Crippen LogP contribution >= 0.6 is 0 Å². The number of fused-ring (bicyclic) bond motifs is 2. The fraction of sp³-hybridized carbons (Fsp3) is 0.222. The maximum atomic E-state index is 4.86. The quantitative estimate of drug-likeness (QED) is 0.485. The highest BCUT2D eigenvalue weighted by Gasteiger charge is 2.23. The summed E-state index contributed by atoms with van der Waals surface area (Å²) in [5.74, 6) is 0.744. The molecule has 2 N–H and O–H groups in total. The summed E-state index contributed by atoms with van der Waals surface area (Å²) in [6.07, 6.45) is 8.46. The Balaban J connectivity index is 1.12. The second-order valence-electron chi connectivity index (χ2n) is 8.84. The lowest BCUT2D eigenvalue weighted by Gasteiger charge is -2.31. The molecule has 1 aliphatic carbocycles. The van der Waals surface area contributed by atoms with Crippen LogP contribution in [0.1, 0.15) is 27.9 Å². The summed E-state index contributed by atoms with van der Waals surface area (Å²) in [6, 6.07) is 17.5. The van der Waals surface area contributed by atoms with Crippen LogP contribution in [0.25, 0.3) is 17.0 Å². The fourth-order valence-corrected chi connectivity index (χ4v) is 4.90. The van der Waals surface area contributed by atoms with Crippen molar-refractivity contribution in [3.63, 3.8) is 0 Å². The first-order valence-corrected chi connectivity index (χ1v) is 11.4. The number of anilines is 1. The highest BCUT2D eigenvalue weighted by atomic mass is 15.2. The average molecular weight is 435 g/mol. The van der Waals surface area contributed by atoms with Gasteiger partial charge in [0.15, 0.2) is 0 Å². The molecule has 0 amide bonds. The Kier molecular flexibility index (Phi) is 4.91. The van der Waals surface area contributed by atoms with Gasteiger partial charge >= 0.3 is 0 Å². The van der Waals surface area contributed by atoms with Gasteiger partial charge in [-0.1, -0.05) is 55.1 Å². The predicted molar refractivity (Wildman–Crippen MR) is 130 cm³/mol. The van der Waals surface area contributed by atoms with Crippen LogP contribution in [0.5, 0.6) is 0 Å². The maximum Gasteiger partial charge on any atom is 0.223 e. The van der Waals surface area contributed by atoms with E-state index >= 15 is 0 Å². The second kappa shape index (κ2) is 8.20. The summed E-state index contributed by atoms with van der Waals surface area (Å²) < 4.78 is 0. The van der Waals surface area contributed by atoms with E-state index in [2.05, 4.69) is 80.3 Å². The number of hydrogen-bond acceptors (Lipinski definition) is 5. The molecule has 1 aliphatic heterocycles. The number of imidazole rings is 1.